The number of primary amides is 1. The molecule has 0 atom stereocenters. The Bertz CT molecular complexity index is 970. The van der Waals surface area contributed by atoms with Crippen molar-refractivity contribution in [2.45, 2.75) is 11.8 Å². The summed E-state index contributed by atoms with van der Waals surface area (Å²) in [5, 5.41) is 14.0. The van der Waals surface area contributed by atoms with Gasteiger partial charge < -0.3 is 21.5 Å². The van der Waals surface area contributed by atoms with Crippen molar-refractivity contribution in [1.29, 1.82) is 0 Å². The first-order valence-electron chi connectivity index (χ1n) is 8.40. The van der Waals surface area contributed by atoms with Crippen LogP contribution in [0.1, 0.15) is 17.3 Å². The molecule has 3 amide bonds. The smallest absolute Gasteiger partial charge is 0.331 e. The van der Waals surface area contributed by atoms with Gasteiger partial charge in [0, 0.05) is 22.2 Å². The lowest BCUT2D eigenvalue weighted by Gasteiger charge is -2.09. The minimum atomic E-state index is -1.16. The number of amides is 3. The zero-order valence-corrected chi connectivity index (χ0v) is 16.3. The van der Waals surface area contributed by atoms with E-state index >= 15 is 0 Å². The van der Waals surface area contributed by atoms with Gasteiger partial charge in [0.25, 0.3) is 5.91 Å². The Kier molecular flexibility index (Phi) is 7.55. The maximum atomic E-state index is 12.1. The number of benzene rings is 2. The number of nitrogens with one attached hydrogen (secondary N) is 2. The fourth-order valence-corrected chi connectivity index (χ4v) is 2.91. The van der Waals surface area contributed by atoms with Crippen molar-refractivity contribution in [3.63, 3.8) is 0 Å². The van der Waals surface area contributed by atoms with Gasteiger partial charge in [0.2, 0.25) is 11.8 Å². The van der Waals surface area contributed by atoms with E-state index in [2.05, 4.69) is 10.6 Å². The number of aliphatic carboxylic acids is 1. The maximum Gasteiger partial charge on any atom is 0.331 e. The van der Waals surface area contributed by atoms with Crippen molar-refractivity contribution < 1.29 is 24.3 Å². The molecule has 0 aromatic heterocycles. The van der Waals surface area contributed by atoms with Gasteiger partial charge in [0.1, 0.15) is 0 Å². The summed E-state index contributed by atoms with van der Waals surface area (Å²) in [5.74, 6) is -2.52. The Morgan fingerprint density at radius 3 is 2.31 bits per heavy atom. The van der Waals surface area contributed by atoms with Crippen molar-refractivity contribution in [3.05, 3.63) is 65.7 Å². The van der Waals surface area contributed by atoms with E-state index in [-0.39, 0.29) is 22.8 Å². The predicted molar refractivity (Wildman–Crippen MR) is 111 cm³/mol. The van der Waals surface area contributed by atoms with Crippen LogP contribution in [0.5, 0.6) is 0 Å². The number of hydrogen-bond acceptors (Lipinski definition) is 5. The number of thioether (sulfide) groups is 1. The lowest BCUT2D eigenvalue weighted by Crippen LogP contribution is -2.19. The van der Waals surface area contributed by atoms with Gasteiger partial charge in [0.15, 0.2) is 0 Å². The largest absolute Gasteiger partial charge is 0.478 e. The average molecular weight is 413 g/mol. The highest BCUT2D eigenvalue weighted by Crippen LogP contribution is 2.21. The maximum absolute atomic E-state index is 12.1. The Hall–Kier alpha value is -3.59. The number of nitrogens with two attached hydrogens (primary N) is 1. The van der Waals surface area contributed by atoms with Crippen molar-refractivity contribution in [2.75, 3.05) is 16.4 Å². The van der Waals surface area contributed by atoms with E-state index in [9.17, 15) is 19.2 Å². The molecule has 0 heterocycles. The molecule has 2 rings (SSSR count). The van der Waals surface area contributed by atoms with Crippen molar-refractivity contribution in [3.8, 4) is 0 Å². The van der Waals surface area contributed by atoms with E-state index in [0.29, 0.717) is 11.4 Å². The first-order chi connectivity index (χ1) is 13.8. The number of para-hydroxylation sites is 1. The van der Waals surface area contributed by atoms with Crippen LogP contribution in [0.15, 0.2) is 65.1 Å². The molecule has 0 fully saturated rings. The van der Waals surface area contributed by atoms with Crippen LogP contribution < -0.4 is 16.4 Å². The predicted octanol–water partition coefficient (Wildman–Crippen LogP) is 2.49. The SMILES string of the molecule is C/C(=C/C(=O)Nc1ccc(SCC(=O)Nc2ccccc2C(N)=O)cc1)C(=O)O. The minimum absolute atomic E-state index is 0.0707. The van der Waals surface area contributed by atoms with Crippen LogP contribution in [0.25, 0.3) is 0 Å². The summed E-state index contributed by atoms with van der Waals surface area (Å²) >= 11 is 1.27. The molecule has 0 spiro atoms. The van der Waals surface area contributed by atoms with Gasteiger partial charge in [-0.1, -0.05) is 12.1 Å². The quantitative estimate of drug-likeness (QED) is 0.387. The molecule has 0 saturated carbocycles. The third-order valence-electron chi connectivity index (χ3n) is 3.64. The third-order valence-corrected chi connectivity index (χ3v) is 4.66. The number of carbonyl (C=O) groups excluding carboxylic acids is 3. The second kappa shape index (κ2) is 10.1. The van der Waals surface area contributed by atoms with Crippen LogP contribution in [0.4, 0.5) is 11.4 Å². The highest BCUT2D eigenvalue weighted by Gasteiger charge is 2.11. The average Bonchev–Trinajstić information content (AvgIpc) is 2.67. The summed E-state index contributed by atoms with van der Waals surface area (Å²) in [4.78, 5) is 46.8. The van der Waals surface area contributed by atoms with E-state index in [1.807, 2.05) is 0 Å². The highest BCUT2D eigenvalue weighted by molar-refractivity contribution is 8.00. The van der Waals surface area contributed by atoms with Crippen LogP contribution >= 0.6 is 11.8 Å². The molecule has 0 aliphatic heterocycles. The fraction of sp³-hybridized carbons (Fsp3) is 0.100. The first-order valence-corrected chi connectivity index (χ1v) is 9.39. The lowest BCUT2D eigenvalue weighted by molar-refractivity contribution is -0.132. The van der Waals surface area contributed by atoms with Gasteiger partial charge in [-0.2, -0.15) is 0 Å². The first kappa shape index (κ1) is 21.7. The summed E-state index contributed by atoms with van der Waals surface area (Å²) in [6.07, 6.45) is 0.999. The molecule has 5 N–H and O–H groups in total. The Morgan fingerprint density at radius 2 is 1.69 bits per heavy atom. The highest BCUT2D eigenvalue weighted by atomic mass is 32.2. The third kappa shape index (κ3) is 6.82. The molecule has 0 unspecified atom stereocenters. The van der Waals surface area contributed by atoms with Crippen molar-refractivity contribution >= 4 is 46.8 Å². The van der Waals surface area contributed by atoms with Gasteiger partial charge in [-0.3, -0.25) is 14.4 Å². The summed E-state index contributed by atoms with van der Waals surface area (Å²) in [6, 6.07) is 13.2. The Labute approximate surface area is 171 Å². The van der Waals surface area contributed by atoms with Crippen molar-refractivity contribution in [2.24, 2.45) is 5.73 Å². The number of hydrogen-bond donors (Lipinski definition) is 4. The molecule has 8 nitrogen and oxygen atoms in total. The molecular formula is C20H19N3O5S. The molecule has 0 radical (unpaired) electrons. The van der Waals surface area contributed by atoms with Crippen LogP contribution in [-0.4, -0.2) is 34.6 Å². The minimum Gasteiger partial charge on any atom is -0.478 e. The van der Waals surface area contributed by atoms with Crippen LogP contribution in [0.2, 0.25) is 0 Å². The Morgan fingerprint density at radius 1 is 1.03 bits per heavy atom. The molecule has 2 aromatic rings. The fourth-order valence-electron chi connectivity index (χ4n) is 2.21. The second-order valence-electron chi connectivity index (χ2n) is 5.89. The van der Waals surface area contributed by atoms with E-state index in [1.165, 1.54) is 24.8 Å². The summed E-state index contributed by atoms with van der Waals surface area (Å²) < 4.78 is 0. The number of anilines is 2. The summed E-state index contributed by atoms with van der Waals surface area (Å²) in [6.45, 7) is 1.33. The normalized spacial score (nSPS) is 10.9. The number of carbonyl (C=O) groups is 4. The number of carboxylic acid groups (broad SMARTS) is 1. The monoisotopic (exact) mass is 413 g/mol. The van der Waals surface area contributed by atoms with E-state index in [1.54, 1.807) is 42.5 Å². The molecule has 9 heteroatoms. The van der Waals surface area contributed by atoms with E-state index in [0.717, 1.165) is 11.0 Å². The molecular weight excluding hydrogens is 394 g/mol. The van der Waals surface area contributed by atoms with Crippen LogP contribution in [0.3, 0.4) is 0 Å². The molecule has 0 aliphatic carbocycles. The van der Waals surface area contributed by atoms with Gasteiger partial charge in [-0.05, 0) is 43.3 Å². The molecule has 0 aliphatic rings. The molecule has 0 saturated heterocycles. The van der Waals surface area contributed by atoms with E-state index in [4.69, 9.17) is 10.8 Å². The lowest BCUT2D eigenvalue weighted by atomic mass is 10.1. The molecule has 0 bridgehead atoms. The van der Waals surface area contributed by atoms with Crippen LogP contribution in [-0.2, 0) is 14.4 Å². The molecule has 2 aromatic carbocycles. The van der Waals surface area contributed by atoms with Gasteiger partial charge in [-0.25, -0.2) is 4.79 Å². The van der Waals surface area contributed by atoms with Gasteiger partial charge in [0.05, 0.1) is 17.0 Å². The van der Waals surface area contributed by atoms with Crippen LogP contribution in [0, 0.1) is 0 Å². The van der Waals surface area contributed by atoms with E-state index < -0.39 is 17.8 Å². The van der Waals surface area contributed by atoms with Crippen molar-refractivity contribution in [1.82, 2.24) is 0 Å². The Balaban J connectivity index is 1.90. The second-order valence-corrected chi connectivity index (χ2v) is 6.94. The van der Waals surface area contributed by atoms with Gasteiger partial charge >= 0.3 is 5.97 Å². The molecule has 150 valence electrons. The number of carboxylic acids is 1. The molecule has 29 heavy (non-hydrogen) atoms. The summed E-state index contributed by atoms with van der Waals surface area (Å²) in [5.41, 5.74) is 6.30. The standard InChI is InChI=1S/C20H19N3O5S/c1-12(20(27)28)10-17(24)22-13-6-8-14(9-7-13)29-11-18(25)23-16-5-3-2-4-15(16)19(21)26/h2-10H,11H2,1H3,(H2,21,26)(H,22,24)(H,23,25)(H,27,28)/b12-10-. The number of rotatable bonds is 8. The zero-order chi connectivity index (χ0) is 21.4. The zero-order valence-electron chi connectivity index (χ0n) is 15.5. The topological polar surface area (TPSA) is 139 Å². The summed E-state index contributed by atoms with van der Waals surface area (Å²) in [7, 11) is 0. The van der Waals surface area contributed by atoms with Gasteiger partial charge in [-0.15, -0.1) is 11.8 Å².